The van der Waals surface area contributed by atoms with E-state index in [0.29, 0.717) is 0 Å². The molecule has 84 valence electrons. The summed E-state index contributed by atoms with van der Waals surface area (Å²) in [5.41, 5.74) is 0.926. The van der Waals surface area contributed by atoms with E-state index in [4.69, 9.17) is 10.2 Å². The minimum absolute atomic E-state index is 0.143. The lowest BCUT2D eigenvalue weighted by molar-refractivity contribution is 0.284. The van der Waals surface area contributed by atoms with Crippen molar-refractivity contribution in [1.29, 1.82) is 0 Å². The fraction of sp³-hybridized carbons (Fsp3) is 0.400. The second-order valence-electron chi connectivity index (χ2n) is 3.37. The second-order valence-corrected chi connectivity index (χ2v) is 4.93. The number of sulfonamides is 1. The fourth-order valence-corrected chi connectivity index (χ4v) is 1.90. The number of primary sulfonamides is 1. The van der Waals surface area contributed by atoms with Crippen LogP contribution >= 0.6 is 0 Å². The molecule has 5 heteroatoms. The first-order valence-electron chi connectivity index (χ1n) is 4.76. The van der Waals surface area contributed by atoms with Crippen molar-refractivity contribution in [2.75, 3.05) is 6.61 Å². The first-order valence-corrected chi connectivity index (χ1v) is 6.31. The minimum Gasteiger partial charge on any atom is -0.396 e. The SMILES string of the molecule is NS(=O)(=O)c1cccc(CCCCO)c1. The number of hydrogen-bond acceptors (Lipinski definition) is 3. The summed E-state index contributed by atoms with van der Waals surface area (Å²) in [6.07, 6.45) is 2.31. The summed E-state index contributed by atoms with van der Waals surface area (Å²) in [6.45, 7) is 0.162. The van der Waals surface area contributed by atoms with E-state index in [1.807, 2.05) is 6.07 Å². The molecule has 0 heterocycles. The van der Waals surface area contributed by atoms with Crippen molar-refractivity contribution in [1.82, 2.24) is 0 Å². The monoisotopic (exact) mass is 229 g/mol. The van der Waals surface area contributed by atoms with Gasteiger partial charge in [-0.3, -0.25) is 0 Å². The fourth-order valence-electron chi connectivity index (χ4n) is 1.32. The van der Waals surface area contributed by atoms with Gasteiger partial charge in [0.05, 0.1) is 4.90 Å². The summed E-state index contributed by atoms with van der Waals surface area (Å²) in [7, 11) is -3.61. The first kappa shape index (κ1) is 12.2. The van der Waals surface area contributed by atoms with Gasteiger partial charge in [-0.25, -0.2) is 13.6 Å². The summed E-state index contributed by atoms with van der Waals surface area (Å²) in [5, 5.41) is 13.6. The predicted molar refractivity (Wildman–Crippen MR) is 57.8 cm³/mol. The Morgan fingerprint density at radius 3 is 2.60 bits per heavy atom. The molecule has 0 aromatic heterocycles. The molecule has 1 rings (SSSR count). The Balaban J connectivity index is 2.75. The third-order valence-electron chi connectivity index (χ3n) is 2.10. The molecule has 1 aromatic carbocycles. The van der Waals surface area contributed by atoms with E-state index in [9.17, 15) is 8.42 Å². The van der Waals surface area contributed by atoms with Crippen LogP contribution in [0.5, 0.6) is 0 Å². The molecule has 0 amide bonds. The number of aliphatic hydroxyl groups is 1. The molecule has 0 unspecified atom stereocenters. The van der Waals surface area contributed by atoms with Crippen molar-refractivity contribution in [2.45, 2.75) is 24.2 Å². The average Bonchev–Trinajstić information content (AvgIpc) is 2.17. The minimum atomic E-state index is -3.61. The van der Waals surface area contributed by atoms with Crippen LogP contribution in [0.15, 0.2) is 29.2 Å². The Morgan fingerprint density at radius 1 is 1.27 bits per heavy atom. The van der Waals surface area contributed by atoms with E-state index in [1.54, 1.807) is 12.1 Å². The number of rotatable bonds is 5. The molecule has 3 N–H and O–H groups in total. The maximum atomic E-state index is 11.1. The lowest BCUT2D eigenvalue weighted by atomic mass is 10.1. The maximum absolute atomic E-state index is 11.1. The molecule has 0 spiro atoms. The zero-order valence-corrected chi connectivity index (χ0v) is 9.20. The number of aliphatic hydroxyl groups excluding tert-OH is 1. The smallest absolute Gasteiger partial charge is 0.238 e. The highest BCUT2D eigenvalue weighted by atomic mass is 32.2. The first-order chi connectivity index (χ1) is 7.04. The van der Waals surface area contributed by atoms with E-state index in [1.165, 1.54) is 6.07 Å². The molecule has 15 heavy (non-hydrogen) atoms. The zero-order chi connectivity index (χ0) is 11.3. The average molecular weight is 229 g/mol. The Kier molecular flexibility index (Phi) is 4.26. The van der Waals surface area contributed by atoms with Gasteiger partial charge in [-0.15, -0.1) is 0 Å². The molecule has 1 aromatic rings. The van der Waals surface area contributed by atoms with Gasteiger partial charge in [-0.2, -0.15) is 0 Å². The molecule has 0 bridgehead atoms. The largest absolute Gasteiger partial charge is 0.396 e. The van der Waals surface area contributed by atoms with Crippen LogP contribution in [0.4, 0.5) is 0 Å². The van der Waals surface area contributed by atoms with Crippen molar-refractivity contribution in [2.24, 2.45) is 5.14 Å². The lowest BCUT2D eigenvalue weighted by Gasteiger charge is -2.03. The van der Waals surface area contributed by atoms with Gasteiger partial charge in [0.15, 0.2) is 0 Å². The van der Waals surface area contributed by atoms with Crippen LogP contribution in [0.2, 0.25) is 0 Å². The van der Waals surface area contributed by atoms with E-state index in [0.717, 1.165) is 24.8 Å². The van der Waals surface area contributed by atoms with Crippen LogP contribution in [0.25, 0.3) is 0 Å². The van der Waals surface area contributed by atoms with Gasteiger partial charge in [0.2, 0.25) is 10.0 Å². The quantitative estimate of drug-likeness (QED) is 0.727. The number of hydrogen-bond donors (Lipinski definition) is 2. The second kappa shape index (κ2) is 5.25. The lowest BCUT2D eigenvalue weighted by Crippen LogP contribution is -2.12. The van der Waals surface area contributed by atoms with Gasteiger partial charge in [0.25, 0.3) is 0 Å². The number of aryl methyl sites for hydroxylation is 1. The molecule has 0 aliphatic heterocycles. The third-order valence-corrected chi connectivity index (χ3v) is 3.01. The maximum Gasteiger partial charge on any atom is 0.238 e. The van der Waals surface area contributed by atoms with Crippen LogP contribution in [0, 0.1) is 0 Å². The van der Waals surface area contributed by atoms with Crippen molar-refractivity contribution >= 4 is 10.0 Å². The summed E-state index contributed by atoms with van der Waals surface area (Å²) in [4.78, 5) is 0.143. The summed E-state index contributed by atoms with van der Waals surface area (Å²) >= 11 is 0. The van der Waals surface area contributed by atoms with E-state index in [2.05, 4.69) is 0 Å². The molecule has 0 radical (unpaired) electrons. The van der Waals surface area contributed by atoms with Gasteiger partial charge in [0.1, 0.15) is 0 Å². The van der Waals surface area contributed by atoms with Gasteiger partial charge >= 0.3 is 0 Å². The molecule has 4 nitrogen and oxygen atoms in total. The summed E-state index contributed by atoms with van der Waals surface area (Å²) < 4.78 is 22.1. The summed E-state index contributed by atoms with van der Waals surface area (Å²) in [6, 6.07) is 6.58. The Labute approximate surface area is 89.8 Å². The molecule has 0 fully saturated rings. The van der Waals surface area contributed by atoms with Gasteiger partial charge in [-0.1, -0.05) is 12.1 Å². The highest BCUT2D eigenvalue weighted by molar-refractivity contribution is 7.89. The van der Waals surface area contributed by atoms with Crippen molar-refractivity contribution in [3.05, 3.63) is 29.8 Å². The van der Waals surface area contributed by atoms with Crippen molar-refractivity contribution < 1.29 is 13.5 Å². The highest BCUT2D eigenvalue weighted by Crippen LogP contribution is 2.11. The van der Waals surface area contributed by atoms with Crippen molar-refractivity contribution in [3.63, 3.8) is 0 Å². The predicted octanol–water partition coefficient (Wildman–Crippen LogP) is 0.649. The van der Waals surface area contributed by atoms with E-state index in [-0.39, 0.29) is 11.5 Å². The molecule has 0 aliphatic rings. The highest BCUT2D eigenvalue weighted by Gasteiger charge is 2.07. The van der Waals surface area contributed by atoms with Crippen LogP contribution < -0.4 is 5.14 Å². The van der Waals surface area contributed by atoms with E-state index >= 15 is 0 Å². The third kappa shape index (κ3) is 3.99. The molecule has 0 saturated carbocycles. The molecular formula is C10H15NO3S. The van der Waals surface area contributed by atoms with Gasteiger partial charge in [0, 0.05) is 6.61 Å². The summed E-state index contributed by atoms with van der Waals surface area (Å²) in [5.74, 6) is 0. The zero-order valence-electron chi connectivity index (χ0n) is 8.39. The Hall–Kier alpha value is -0.910. The van der Waals surface area contributed by atoms with E-state index < -0.39 is 10.0 Å². The van der Waals surface area contributed by atoms with Gasteiger partial charge < -0.3 is 5.11 Å². The van der Waals surface area contributed by atoms with Crippen LogP contribution in [-0.2, 0) is 16.4 Å². The van der Waals surface area contributed by atoms with Crippen LogP contribution in [0.3, 0.4) is 0 Å². The number of unbranched alkanes of at least 4 members (excludes halogenated alkanes) is 1. The van der Waals surface area contributed by atoms with Crippen LogP contribution in [0.1, 0.15) is 18.4 Å². The van der Waals surface area contributed by atoms with Gasteiger partial charge in [-0.05, 0) is 37.0 Å². The molecule has 0 atom stereocenters. The van der Waals surface area contributed by atoms with Crippen molar-refractivity contribution in [3.8, 4) is 0 Å². The van der Waals surface area contributed by atoms with Crippen LogP contribution in [-0.4, -0.2) is 20.1 Å². The molecule has 0 saturated heterocycles. The molecule has 0 aliphatic carbocycles. The topological polar surface area (TPSA) is 80.4 Å². The number of nitrogens with two attached hydrogens (primary N) is 1. The Bertz CT molecular complexity index is 414. The normalized spacial score (nSPS) is 11.6. The number of benzene rings is 1. The standard InChI is InChI=1S/C10H15NO3S/c11-15(13,14)10-6-3-5-9(8-10)4-1-2-7-12/h3,5-6,8,12H,1-2,4,7H2,(H2,11,13,14). The Morgan fingerprint density at radius 2 is 2.00 bits per heavy atom. The molecular weight excluding hydrogens is 214 g/mol.